The molecule has 1 aromatic carbocycles. The van der Waals surface area contributed by atoms with Gasteiger partial charge < -0.3 is 15.1 Å². The number of hydrogen-bond donors (Lipinski definition) is 1. The maximum atomic E-state index is 12.7. The summed E-state index contributed by atoms with van der Waals surface area (Å²) in [5.74, 6) is -0.0876. The molecule has 0 unspecified atom stereocenters. The smallest absolute Gasteiger partial charge is 0.256 e. The minimum absolute atomic E-state index is 0.0421. The van der Waals surface area contributed by atoms with E-state index in [2.05, 4.69) is 5.32 Å². The molecule has 114 valence electrons. The number of fused-ring (bicyclic) bond motifs is 1. The van der Waals surface area contributed by atoms with Gasteiger partial charge in [-0.15, -0.1) is 0 Å². The van der Waals surface area contributed by atoms with E-state index in [9.17, 15) is 9.59 Å². The maximum Gasteiger partial charge on any atom is 0.256 e. The van der Waals surface area contributed by atoms with Gasteiger partial charge in [0.2, 0.25) is 5.91 Å². The van der Waals surface area contributed by atoms with Crippen LogP contribution in [0.1, 0.15) is 28.8 Å². The lowest BCUT2D eigenvalue weighted by molar-refractivity contribution is -0.118. The first kappa shape index (κ1) is 15.5. The molecule has 5 heteroatoms. The normalized spacial score (nSPS) is 15.2. The van der Waals surface area contributed by atoms with E-state index in [0.29, 0.717) is 17.8 Å². The molecular formula is C16H23N3O2. The minimum atomic E-state index is -0.0455. The molecule has 5 nitrogen and oxygen atoms in total. The molecule has 2 amide bonds. The number of amides is 2. The molecule has 0 radical (unpaired) electrons. The van der Waals surface area contributed by atoms with Crippen molar-refractivity contribution >= 4 is 17.5 Å². The Balaban J connectivity index is 2.22. The van der Waals surface area contributed by atoms with Gasteiger partial charge in [0.05, 0.1) is 11.3 Å². The largest absolute Gasteiger partial charge is 0.329 e. The van der Waals surface area contributed by atoms with E-state index in [1.54, 1.807) is 16.8 Å². The van der Waals surface area contributed by atoms with Crippen LogP contribution in [0.4, 0.5) is 5.69 Å². The van der Waals surface area contributed by atoms with E-state index < -0.39 is 0 Å². The van der Waals surface area contributed by atoms with Crippen LogP contribution in [-0.4, -0.2) is 50.4 Å². The fourth-order valence-corrected chi connectivity index (χ4v) is 2.54. The molecule has 1 aromatic rings. The van der Waals surface area contributed by atoms with Gasteiger partial charge in [-0.25, -0.2) is 0 Å². The summed E-state index contributed by atoms with van der Waals surface area (Å²) >= 11 is 0. The lowest BCUT2D eigenvalue weighted by Crippen LogP contribution is -2.38. The molecule has 1 N–H and O–H groups in total. The molecule has 0 saturated heterocycles. The highest BCUT2D eigenvalue weighted by Crippen LogP contribution is 2.25. The third-order valence-electron chi connectivity index (χ3n) is 3.84. The number of nitrogens with zero attached hydrogens (tertiary/aromatic N) is 2. The summed E-state index contributed by atoms with van der Waals surface area (Å²) in [6.45, 7) is 3.65. The Morgan fingerprint density at radius 1 is 1.24 bits per heavy atom. The van der Waals surface area contributed by atoms with Crippen molar-refractivity contribution in [2.45, 2.75) is 19.8 Å². The van der Waals surface area contributed by atoms with Gasteiger partial charge in [0.25, 0.3) is 5.91 Å². The van der Waals surface area contributed by atoms with Crippen LogP contribution in [0.3, 0.4) is 0 Å². The average molecular weight is 289 g/mol. The Bertz CT molecular complexity index is 542. The lowest BCUT2D eigenvalue weighted by atomic mass is 10.1. The van der Waals surface area contributed by atoms with E-state index in [1.165, 1.54) is 0 Å². The number of anilines is 1. The van der Waals surface area contributed by atoms with Crippen molar-refractivity contribution in [3.05, 3.63) is 29.3 Å². The number of carbonyl (C=O) groups excluding carboxylic acids is 2. The Morgan fingerprint density at radius 2 is 2.00 bits per heavy atom. The fourth-order valence-electron chi connectivity index (χ4n) is 2.54. The van der Waals surface area contributed by atoms with Crippen molar-refractivity contribution in [1.82, 2.24) is 10.2 Å². The Morgan fingerprint density at radius 3 is 2.71 bits per heavy atom. The van der Waals surface area contributed by atoms with Crippen LogP contribution in [0.25, 0.3) is 0 Å². The zero-order valence-electron chi connectivity index (χ0n) is 13.0. The van der Waals surface area contributed by atoms with Crippen molar-refractivity contribution in [1.29, 1.82) is 0 Å². The topological polar surface area (TPSA) is 52.7 Å². The molecule has 0 aliphatic carbocycles. The number of hydrogen-bond acceptors (Lipinski definition) is 3. The first-order valence-electron chi connectivity index (χ1n) is 7.35. The van der Waals surface area contributed by atoms with Crippen molar-refractivity contribution in [3.63, 3.8) is 0 Å². The first-order valence-corrected chi connectivity index (χ1v) is 7.35. The molecule has 21 heavy (non-hydrogen) atoms. The van der Waals surface area contributed by atoms with E-state index >= 15 is 0 Å². The van der Waals surface area contributed by atoms with Crippen molar-refractivity contribution in [3.8, 4) is 0 Å². The summed E-state index contributed by atoms with van der Waals surface area (Å²) in [5, 5.41) is 3.09. The van der Waals surface area contributed by atoms with Gasteiger partial charge in [-0.1, -0.05) is 11.6 Å². The fraction of sp³-hybridized carbons (Fsp3) is 0.500. The molecule has 1 aliphatic rings. The van der Waals surface area contributed by atoms with E-state index in [-0.39, 0.29) is 18.4 Å². The van der Waals surface area contributed by atoms with Gasteiger partial charge in [-0.05, 0) is 45.5 Å². The SMILES string of the molecule is CNCCCCN1CC(=O)N(C)c2ccc(C)cc2C1=O. The standard InChI is InChI=1S/C16H23N3O2/c1-12-6-7-14-13(10-12)16(21)19(9-5-4-8-17-2)11-15(20)18(14)3/h6-7,10,17H,4-5,8-9,11H2,1-3H3. The number of aryl methyl sites for hydroxylation is 1. The van der Waals surface area contributed by atoms with Crippen LogP contribution in [0.5, 0.6) is 0 Å². The second-order valence-electron chi connectivity index (χ2n) is 5.51. The van der Waals surface area contributed by atoms with Crippen molar-refractivity contribution in [2.75, 3.05) is 38.6 Å². The molecular weight excluding hydrogens is 266 g/mol. The molecule has 0 spiro atoms. The van der Waals surface area contributed by atoms with Crippen LogP contribution in [-0.2, 0) is 4.79 Å². The molecule has 1 heterocycles. The third kappa shape index (κ3) is 3.42. The summed E-state index contributed by atoms with van der Waals surface area (Å²) in [5.41, 5.74) is 2.35. The number of unbranched alkanes of at least 4 members (excludes halogenated alkanes) is 1. The van der Waals surface area contributed by atoms with Crippen molar-refractivity contribution < 1.29 is 9.59 Å². The Labute approximate surface area is 125 Å². The number of likely N-dealkylation sites (N-methyl/N-ethyl adjacent to an activating group) is 1. The van der Waals surface area contributed by atoms with Crippen LogP contribution in [0.15, 0.2) is 18.2 Å². The number of rotatable bonds is 5. The predicted octanol–water partition coefficient (Wildman–Crippen LogP) is 1.41. The van der Waals surface area contributed by atoms with Gasteiger partial charge in [0, 0.05) is 13.6 Å². The lowest BCUT2D eigenvalue weighted by Gasteiger charge is -2.20. The summed E-state index contributed by atoms with van der Waals surface area (Å²) < 4.78 is 0. The molecule has 0 bridgehead atoms. The van der Waals surface area contributed by atoms with E-state index in [4.69, 9.17) is 0 Å². The van der Waals surface area contributed by atoms with E-state index in [1.807, 2.05) is 32.2 Å². The summed E-state index contributed by atoms with van der Waals surface area (Å²) in [6, 6.07) is 5.65. The average Bonchev–Trinajstić information content (AvgIpc) is 2.55. The van der Waals surface area contributed by atoms with Gasteiger partial charge in [-0.2, -0.15) is 0 Å². The third-order valence-corrected chi connectivity index (χ3v) is 3.84. The molecule has 2 rings (SSSR count). The molecule has 0 aromatic heterocycles. The van der Waals surface area contributed by atoms with Crippen LogP contribution in [0, 0.1) is 6.92 Å². The summed E-state index contributed by atoms with van der Waals surface area (Å²) in [7, 11) is 3.64. The van der Waals surface area contributed by atoms with Crippen LogP contribution >= 0.6 is 0 Å². The van der Waals surface area contributed by atoms with Gasteiger partial charge in [0.15, 0.2) is 0 Å². The highest BCUT2D eigenvalue weighted by molar-refractivity contribution is 6.09. The number of carbonyl (C=O) groups is 2. The van der Waals surface area contributed by atoms with Gasteiger partial charge in [-0.3, -0.25) is 9.59 Å². The molecule has 0 saturated carbocycles. The zero-order valence-corrected chi connectivity index (χ0v) is 13.0. The van der Waals surface area contributed by atoms with Crippen LogP contribution in [0.2, 0.25) is 0 Å². The van der Waals surface area contributed by atoms with Crippen molar-refractivity contribution in [2.24, 2.45) is 0 Å². The number of benzene rings is 1. The van der Waals surface area contributed by atoms with Gasteiger partial charge in [0.1, 0.15) is 6.54 Å². The number of nitrogens with one attached hydrogen (secondary N) is 1. The Kier molecular flexibility index (Phi) is 4.96. The summed E-state index contributed by atoms with van der Waals surface area (Å²) in [6.07, 6.45) is 1.88. The second kappa shape index (κ2) is 6.72. The molecule has 0 atom stereocenters. The highest BCUT2D eigenvalue weighted by atomic mass is 16.2. The quantitative estimate of drug-likeness (QED) is 0.834. The predicted molar refractivity (Wildman–Crippen MR) is 83.7 cm³/mol. The highest BCUT2D eigenvalue weighted by Gasteiger charge is 2.29. The monoisotopic (exact) mass is 289 g/mol. The first-order chi connectivity index (χ1) is 10.0. The van der Waals surface area contributed by atoms with Gasteiger partial charge >= 0.3 is 0 Å². The zero-order chi connectivity index (χ0) is 15.4. The minimum Gasteiger partial charge on any atom is -0.329 e. The van der Waals surface area contributed by atoms with E-state index in [0.717, 1.165) is 24.9 Å². The summed E-state index contributed by atoms with van der Waals surface area (Å²) in [4.78, 5) is 28.2. The van der Waals surface area contributed by atoms with Crippen LogP contribution < -0.4 is 10.2 Å². The Hall–Kier alpha value is -1.88. The molecule has 0 fully saturated rings. The molecule has 1 aliphatic heterocycles. The maximum absolute atomic E-state index is 12.7. The second-order valence-corrected chi connectivity index (χ2v) is 5.51.